The molecule has 3 nitrogen and oxygen atoms in total. The molecule has 2 aromatic rings. The molecule has 2 aromatic heterocycles. The molecule has 0 bridgehead atoms. The number of rotatable bonds is 6. The van der Waals surface area contributed by atoms with Crippen molar-refractivity contribution in [3.63, 3.8) is 0 Å². The third-order valence-electron chi connectivity index (χ3n) is 3.41. The summed E-state index contributed by atoms with van der Waals surface area (Å²) in [5, 5.41) is 9.98. The number of pyridine rings is 1. The van der Waals surface area contributed by atoms with Gasteiger partial charge in [-0.2, -0.15) is 0 Å². The second-order valence-corrected chi connectivity index (χ2v) is 6.89. The van der Waals surface area contributed by atoms with E-state index < -0.39 is 5.97 Å². The van der Waals surface area contributed by atoms with Crippen LogP contribution >= 0.6 is 27.7 Å². The Balaban J connectivity index is 0.00000151. The van der Waals surface area contributed by atoms with Crippen molar-refractivity contribution < 1.29 is 14.3 Å². The minimum absolute atomic E-state index is 0.0680. The molecule has 0 radical (unpaired) electrons. The molecule has 6 heteroatoms. The van der Waals surface area contributed by atoms with Gasteiger partial charge in [-0.25, -0.2) is 4.39 Å². The molecule has 1 N–H and O–H groups in total. The Kier molecular flexibility index (Phi) is 9.00. The molecule has 0 aromatic carbocycles. The fraction of sp³-hybridized carbons (Fsp3) is 0.316. The van der Waals surface area contributed by atoms with Crippen molar-refractivity contribution in [2.45, 2.75) is 39.1 Å². The molecule has 0 atom stereocenters. The first-order valence-corrected chi connectivity index (χ1v) is 9.84. The van der Waals surface area contributed by atoms with Crippen LogP contribution in [0.4, 0.5) is 4.39 Å². The first-order valence-electron chi connectivity index (χ1n) is 8.06. The number of halogens is 2. The SMILES string of the molecule is C/C=C(Br)\C=C/CSc1c(C)c(CC(=O)O)c2ccc(F)cn12.CC. The van der Waals surface area contributed by atoms with Crippen LogP contribution in [0.2, 0.25) is 0 Å². The summed E-state index contributed by atoms with van der Waals surface area (Å²) in [6.45, 7) is 7.82. The van der Waals surface area contributed by atoms with Gasteiger partial charge < -0.3 is 9.51 Å². The number of allylic oxidation sites excluding steroid dienone is 3. The standard InChI is InChI=1S/C17H17BrFNO2S.C2H6/c1-3-12(18)5-4-8-23-17-11(2)14(9-16(21)22)15-7-6-13(19)10-20(15)17;1-2/h3-7,10H,8-9H2,1-2H3,(H,21,22);1-2H3/b5-4-,12-3+;. The van der Waals surface area contributed by atoms with E-state index in [-0.39, 0.29) is 12.2 Å². The average Bonchev–Trinajstić information content (AvgIpc) is 2.84. The molecule has 136 valence electrons. The molecule has 0 aliphatic carbocycles. The van der Waals surface area contributed by atoms with E-state index in [1.807, 2.05) is 45.9 Å². The highest BCUT2D eigenvalue weighted by atomic mass is 79.9. The van der Waals surface area contributed by atoms with E-state index in [4.69, 9.17) is 5.11 Å². The summed E-state index contributed by atoms with van der Waals surface area (Å²) in [5.41, 5.74) is 2.37. The van der Waals surface area contributed by atoms with Gasteiger partial charge in [-0.15, -0.1) is 11.8 Å². The second-order valence-electron chi connectivity index (χ2n) is 4.97. The fourth-order valence-corrected chi connectivity index (χ4v) is 3.49. The average molecular weight is 428 g/mol. The maximum atomic E-state index is 13.6. The van der Waals surface area contributed by atoms with E-state index in [0.29, 0.717) is 5.75 Å². The maximum Gasteiger partial charge on any atom is 0.307 e. The summed E-state index contributed by atoms with van der Waals surface area (Å²) in [4.78, 5) is 11.1. The van der Waals surface area contributed by atoms with Gasteiger partial charge >= 0.3 is 5.97 Å². The zero-order chi connectivity index (χ0) is 19.0. The Morgan fingerprint density at radius 2 is 2.08 bits per heavy atom. The Morgan fingerprint density at radius 3 is 2.68 bits per heavy atom. The molecule has 25 heavy (non-hydrogen) atoms. The highest BCUT2D eigenvalue weighted by Crippen LogP contribution is 2.31. The Hall–Kier alpha value is -1.53. The van der Waals surface area contributed by atoms with Crippen molar-refractivity contribution in [1.82, 2.24) is 4.40 Å². The maximum absolute atomic E-state index is 13.6. The van der Waals surface area contributed by atoms with Crippen molar-refractivity contribution in [2.75, 3.05) is 5.75 Å². The lowest BCUT2D eigenvalue weighted by Gasteiger charge is -2.02. The Morgan fingerprint density at radius 1 is 1.40 bits per heavy atom. The number of thioether (sulfide) groups is 1. The highest BCUT2D eigenvalue weighted by Gasteiger charge is 2.17. The van der Waals surface area contributed by atoms with Gasteiger partial charge in [0.15, 0.2) is 0 Å². The van der Waals surface area contributed by atoms with E-state index in [9.17, 15) is 9.18 Å². The van der Waals surface area contributed by atoms with Crippen molar-refractivity contribution in [3.8, 4) is 0 Å². The van der Waals surface area contributed by atoms with Crippen molar-refractivity contribution in [3.05, 3.63) is 58.0 Å². The molecule has 2 rings (SSSR count). The minimum atomic E-state index is -0.890. The van der Waals surface area contributed by atoms with Gasteiger partial charge in [0, 0.05) is 16.4 Å². The van der Waals surface area contributed by atoms with Gasteiger partial charge in [0.1, 0.15) is 5.82 Å². The highest BCUT2D eigenvalue weighted by molar-refractivity contribution is 9.11. The molecule has 2 heterocycles. The van der Waals surface area contributed by atoms with Crippen LogP contribution in [0.3, 0.4) is 0 Å². The molecule has 0 saturated carbocycles. The normalized spacial score (nSPS) is 11.7. The smallest absolute Gasteiger partial charge is 0.307 e. The van der Waals surface area contributed by atoms with Crippen LogP contribution in [0.25, 0.3) is 5.52 Å². The minimum Gasteiger partial charge on any atom is -0.481 e. The van der Waals surface area contributed by atoms with Gasteiger partial charge in [0.2, 0.25) is 0 Å². The summed E-state index contributed by atoms with van der Waals surface area (Å²) >= 11 is 4.96. The molecular weight excluding hydrogens is 405 g/mol. The Labute approximate surface area is 160 Å². The summed E-state index contributed by atoms with van der Waals surface area (Å²) < 4.78 is 16.3. The predicted octanol–water partition coefficient (Wildman–Crippen LogP) is 5.99. The van der Waals surface area contributed by atoms with Crippen LogP contribution in [-0.4, -0.2) is 21.2 Å². The van der Waals surface area contributed by atoms with Crippen LogP contribution in [0, 0.1) is 12.7 Å². The predicted molar refractivity (Wildman–Crippen MR) is 107 cm³/mol. The van der Waals surface area contributed by atoms with Crippen LogP contribution in [0.5, 0.6) is 0 Å². The van der Waals surface area contributed by atoms with E-state index in [1.54, 1.807) is 22.2 Å². The first kappa shape index (κ1) is 21.5. The lowest BCUT2D eigenvalue weighted by atomic mass is 10.1. The molecule has 0 aliphatic rings. The van der Waals surface area contributed by atoms with E-state index in [1.165, 1.54) is 12.3 Å². The molecule has 0 saturated heterocycles. The van der Waals surface area contributed by atoms with Crippen molar-refractivity contribution in [2.24, 2.45) is 0 Å². The lowest BCUT2D eigenvalue weighted by molar-refractivity contribution is -0.136. The van der Waals surface area contributed by atoms with E-state index >= 15 is 0 Å². The number of carboxylic acid groups (broad SMARTS) is 1. The van der Waals surface area contributed by atoms with Gasteiger partial charge in [-0.1, -0.05) is 48.0 Å². The van der Waals surface area contributed by atoms with Gasteiger partial charge in [0.05, 0.1) is 17.0 Å². The van der Waals surface area contributed by atoms with Gasteiger partial charge in [-0.3, -0.25) is 4.79 Å². The first-order chi connectivity index (χ1) is 11.9. The third-order valence-corrected chi connectivity index (χ3v) is 5.27. The monoisotopic (exact) mass is 427 g/mol. The summed E-state index contributed by atoms with van der Waals surface area (Å²) in [7, 11) is 0. The topological polar surface area (TPSA) is 41.7 Å². The second kappa shape index (κ2) is 10.5. The molecule has 0 amide bonds. The number of aromatic nitrogens is 1. The number of hydrogen-bond donors (Lipinski definition) is 1. The summed E-state index contributed by atoms with van der Waals surface area (Å²) in [5.74, 6) is -0.527. The fourth-order valence-electron chi connectivity index (χ4n) is 2.33. The van der Waals surface area contributed by atoms with Crippen LogP contribution in [-0.2, 0) is 11.2 Å². The summed E-state index contributed by atoms with van der Waals surface area (Å²) in [6, 6.07) is 2.99. The number of nitrogens with zero attached hydrogens (tertiary/aromatic N) is 1. The Bertz CT molecular complexity index is 796. The van der Waals surface area contributed by atoms with E-state index in [2.05, 4.69) is 15.9 Å². The number of aliphatic carboxylic acids is 1. The van der Waals surface area contributed by atoms with Gasteiger partial charge in [-0.05, 0) is 37.1 Å². The van der Waals surface area contributed by atoms with Crippen LogP contribution in [0.1, 0.15) is 31.9 Å². The van der Waals surface area contributed by atoms with Gasteiger partial charge in [0.25, 0.3) is 0 Å². The molecule has 0 spiro atoms. The third kappa shape index (κ3) is 5.75. The largest absolute Gasteiger partial charge is 0.481 e. The molecular formula is C19H23BrFNO2S. The lowest BCUT2D eigenvalue weighted by Crippen LogP contribution is -2.00. The number of carboxylic acids is 1. The summed E-state index contributed by atoms with van der Waals surface area (Å²) in [6.07, 6.45) is 7.24. The number of hydrogen-bond acceptors (Lipinski definition) is 2. The zero-order valence-electron chi connectivity index (χ0n) is 14.8. The number of carbonyl (C=O) groups is 1. The number of fused-ring (bicyclic) bond motifs is 1. The van der Waals surface area contributed by atoms with Crippen LogP contribution in [0.15, 0.2) is 46.1 Å². The molecule has 0 fully saturated rings. The van der Waals surface area contributed by atoms with Crippen molar-refractivity contribution >= 4 is 39.2 Å². The zero-order valence-corrected chi connectivity index (χ0v) is 17.2. The molecule has 0 aliphatic heterocycles. The molecule has 0 unspecified atom stereocenters. The van der Waals surface area contributed by atoms with Crippen molar-refractivity contribution in [1.29, 1.82) is 0 Å². The van der Waals surface area contributed by atoms with Crippen LogP contribution < -0.4 is 0 Å². The quantitative estimate of drug-likeness (QED) is 0.454. The van der Waals surface area contributed by atoms with E-state index in [0.717, 1.165) is 26.2 Å².